The number of hydrogen-bond donors (Lipinski definition) is 2. The summed E-state index contributed by atoms with van der Waals surface area (Å²) in [6.45, 7) is 5.36. The highest BCUT2D eigenvalue weighted by atomic mass is 32.2. The number of ether oxygens (including phenoxy) is 1. The van der Waals surface area contributed by atoms with Gasteiger partial charge in [-0.05, 0) is 60.3 Å². The fraction of sp³-hybridized carbons (Fsp3) is 0.524. The molecule has 8 nitrogen and oxygen atoms in total. The smallest absolute Gasteiger partial charge is 0.354 e. The van der Waals surface area contributed by atoms with Gasteiger partial charge in [-0.2, -0.15) is 5.10 Å². The number of urea groups is 1. The minimum atomic E-state index is -3.48. The molecular weight excluding hydrogens is 402 g/mol. The van der Waals surface area contributed by atoms with Crippen molar-refractivity contribution in [3.05, 3.63) is 34.5 Å². The van der Waals surface area contributed by atoms with Crippen LogP contribution >= 0.6 is 0 Å². The van der Waals surface area contributed by atoms with Gasteiger partial charge in [0.15, 0.2) is 9.92 Å². The van der Waals surface area contributed by atoms with Gasteiger partial charge in [-0.1, -0.05) is 19.9 Å². The van der Waals surface area contributed by atoms with E-state index in [1.54, 1.807) is 4.68 Å². The molecular formula is C21H27N5O3S. The summed E-state index contributed by atoms with van der Waals surface area (Å²) >= 11 is 0. The molecule has 1 aromatic carbocycles. The Bertz CT molecular complexity index is 1160. The second-order valence-corrected chi connectivity index (χ2v) is 10.5. The number of anilines is 1. The van der Waals surface area contributed by atoms with Gasteiger partial charge in [0.25, 0.3) is 0 Å². The molecule has 2 aliphatic carbocycles. The first-order chi connectivity index (χ1) is 14.3. The van der Waals surface area contributed by atoms with Crippen molar-refractivity contribution in [3.8, 4) is 5.88 Å². The summed E-state index contributed by atoms with van der Waals surface area (Å²) in [6.07, 6.45) is 6.54. The zero-order chi connectivity index (χ0) is 21.0. The zero-order valence-electron chi connectivity index (χ0n) is 17.3. The molecule has 160 valence electrons. The van der Waals surface area contributed by atoms with E-state index in [4.69, 9.17) is 9.88 Å². The molecule has 2 amide bonds. The lowest BCUT2D eigenvalue weighted by Crippen LogP contribution is -2.25. The standard InChI is InChI=1S/C21H27N5O3S/c1-12-10-26-20(29-11-12)17(9-23-26)30(22,28)25-21(27)24-19-16-5-3-4-14(16)8-15-7-6-13(2)18(15)19/h8-9,12-13H,3-7,10-11H2,1-2H3,(H3,22,24,25,27,28)/t12-,13-,30?/m0/s1. The minimum Gasteiger partial charge on any atom is -0.477 e. The molecule has 3 aliphatic rings. The molecule has 3 atom stereocenters. The van der Waals surface area contributed by atoms with Gasteiger partial charge in [-0.15, -0.1) is 4.36 Å². The van der Waals surface area contributed by atoms with Crippen LogP contribution in [0.15, 0.2) is 21.5 Å². The highest BCUT2D eigenvalue weighted by Crippen LogP contribution is 2.44. The Balaban J connectivity index is 1.49. The van der Waals surface area contributed by atoms with Gasteiger partial charge in [-0.3, -0.25) is 0 Å². The maximum atomic E-state index is 13.2. The number of amides is 2. The van der Waals surface area contributed by atoms with Crippen LogP contribution in [0.3, 0.4) is 0 Å². The summed E-state index contributed by atoms with van der Waals surface area (Å²) in [5.74, 6) is 1.01. The van der Waals surface area contributed by atoms with E-state index in [9.17, 15) is 9.00 Å². The fourth-order valence-electron chi connectivity index (χ4n) is 4.96. The number of nitrogens with two attached hydrogens (primary N) is 1. The number of aryl methyl sites for hydroxylation is 2. The van der Waals surface area contributed by atoms with E-state index >= 15 is 0 Å². The maximum Gasteiger partial charge on any atom is 0.354 e. The van der Waals surface area contributed by atoms with Crippen LogP contribution in [-0.2, 0) is 35.7 Å². The summed E-state index contributed by atoms with van der Waals surface area (Å²) < 4.78 is 24.3. The molecule has 0 bridgehead atoms. The van der Waals surface area contributed by atoms with Crippen molar-refractivity contribution < 1.29 is 13.7 Å². The normalized spacial score (nSPS) is 23.7. The third kappa shape index (κ3) is 3.20. The Hall–Kier alpha value is -2.39. The van der Waals surface area contributed by atoms with Crippen LogP contribution in [0.1, 0.15) is 54.9 Å². The molecule has 0 saturated heterocycles. The Labute approximate surface area is 176 Å². The van der Waals surface area contributed by atoms with Crippen LogP contribution in [-0.4, -0.2) is 26.6 Å². The number of nitrogens with zero attached hydrogens (tertiary/aromatic N) is 3. The molecule has 2 heterocycles. The van der Waals surface area contributed by atoms with Crippen molar-refractivity contribution in [2.75, 3.05) is 11.9 Å². The van der Waals surface area contributed by atoms with Crippen LogP contribution in [0, 0.1) is 5.92 Å². The fourth-order valence-corrected chi connectivity index (χ4v) is 5.96. The van der Waals surface area contributed by atoms with Crippen molar-refractivity contribution in [2.45, 2.75) is 63.3 Å². The SMILES string of the molecule is C[C@@H]1COc2c(S(N)(=O)=NC(=O)Nc3c4c(cc5c3[C@@H](C)CC5)CCC4)cnn2C1. The molecule has 30 heavy (non-hydrogen) atoms. The first kappa shape index (κ1) is 19.6. The van der Waals surface area contributed by atoms with Crippen LogP contribution in [0.4, 0.5) is 10.5 Å². The van der Waals surface area contributed by atoms with Gasteiger partial charge in [0.05, 0.1) is 19.3 Å². The number of benzene rings is 1. The molecule has 5 rings (SSSR count). The van der Waals surface area contributed by atoms with E-state index in [0.717, 1.165) is 37.8 Å². The monoisotopic (exact) mass is 429 g/mol. The number of carbonyl (C=O) groups excluding carboxylic acids is 1. The Morgan fingerprint density at radius 1 is 1.33 bits per heavy atom. The van der Waals surface area contributed by atoms with Gasteiger partial charge < -0.3 is 10.1 Å². The average Bonchev–Trinajstić information content (AvgIpc) is 3.39. The number of carbonyl (C=O) groups is 1. The lowest BCUT2D eigenvalue weighted by Gasteiger charge is -2.21. The third-order valence-electron chi connectivity index (χ3n) is 6.38. The molecule has 0 radical (unpaired) electrons. The van der Waals surface area contributed by atoms with Crippen molar-refractivity contribution in [2.24, 2.45) is 15.4 Å². The Kier molecular flexibility index (Phi) is 4.62. The number of nitrogens with one attached hydrogen (secondary N) is 1. The topological polar surface area (TPSA) is 112 Å². The molecule has 1 aliphatic heterocycles. The van der Waals surface area contributed by atoms with E-state index in [1.807, 2.05) is 6.92 Å². The predicted molar refractivity (Wildman–Crippen MR) is 114 cm³/mol. The van der Waals surface area contributed by atoms with E-state index in [1.165, 1.54) is 28.5 Å². The molecule has 1 unspecified atom stereocenters. The largest absolute Gasteiger partial charge is 0.477 e. The van der Waals surface area contributed by atoms with Gasteiger partial charge in [0.1, 0.15) is 4.90 Å². The first-order valence-electron chi connectivity index (χ1n) is 10.6. The molecule has 0 fully saturated rings. The number of rotatable bonds is 2. The summed E-state index contributed by atoms with van der Waals surface area (Å²) in [5.41, 5.74) is 5.86. The molecule has 0 saturated carbocycles. The number of fused-ring (bicyclic) bond motifs is 3. The van der Waals surface area contributed by atoms with Crippen molar-refractivity contribution in [3.63, 3.8) is 0 Å². The number of hydrogen-bond acceptors (Lipinski definition) is 4. The van der Waals surface area contributed by atoms with E-state index in [2.05, 4.69) is 27.8 Å². The summed E-state index contributed by atoms with van der Waals surface area (Å²) in [4.78, 5) is 13.0. The molecule has 9 heteroatoms. The second kappa shape index (κ2) is 7.09. The quantitative estimate of drug-likeness (QED) is 0.762. The Morgan fingerprint density at radius 2 is 2.17 bits per heavy atom. The van der Waals surface area contributed by atoms with E-state index < -0.39 is 15.9 Å². The van der Waals surface area contributed by atoms with Crippen LogP contribution in [0.5, 0.6) is 5.88 Å². The lowest BCUT2D eigenvalue weighted by atomic mass is 9.95. The van der Waals surface area contributed by atoms with Gasteiger partial charge in [-0.25, -0.2) is 18.8 Å². The van der Waals surface area contributed by atoms with E-state index in [0.29, 0.717) is 30.9 Å². The van der Waals surface area contributed by atoms with Crippen molar-refractivity contribution in [1.29, 1.82) is 0 Å². The molecule has 1 aromatic heterocycles. The molecule has 2 aromatic rings. The van der Waals surface area contributed by atoms with Crippen molar-refractivity contribution in [1.82, 2.24) is 9.78 Å². The minimum absolute atomic E-state index is 0.168. The van der Waals surface area contributed by atoms with E-state index in [-0.39, 0.29) is 4.90 Å². The zero-order valence-corrected chi connectivity index (χ0v) is 18.1. The molecule has 3 N–H and O–H groups in total. The maximum absolute atomic E-state index is 13.2. The van der Waals surface area contributed by atoms with Gasteiger partial charge >= 0.3 is 6.03 Å². The van der Waals surface area contributed by atoms with Crippen LogP contribution in [0.2, 0.25) is 0 Å². The highest BCUT2D eigenvalue weighted by Gasteiger charge is 2.30. The first-order valence-corrected chi connectivity index (χ1v) is 12.1. The second-order valence-electron chi connectivity index (χ2n) is 8.76. The number of aromatic nitrogens is 2. The van der Waals surface area contributed by atoms with Crippen LogP contribution in [0.25, 0.3) is 0 Å². The Morgan fingerprint density at radius 3 is 3.00 bits per heavy atom. The third-order valence-corrected chi connectivity index (χ3v) is 7.73. The van der Waals surface area contributed by atoms with Gasteiger partial charge in [0, 0.05) is 11.6 Å². The summed E-state index contributed by atoms with van der Waals surface area (Å²) in [7, 11) is -3.48. The average molecular weight is 430 g/mol. The van der Waals surface area contributed by atoms with Gasteiger partial charge in [0.2, 0.25) is 5.88 Å². The lowest BCUT2D eigenvalue weighted by molar-refractivity contribution is 0.171. The van der Waals surface area contributed by atoms with Crippen LogP contribution < -0.4 is 15.2 Å². The summed E-state index contributed by atoms with van der Waals surface area (Å²) in [6, 6.07) is 1.62. The molecule has 0 spiro atoms. The van der Waals surface area contributed by atoms with Crippen molar-refractivity contribution >= 4 is 21.6 Å². The highest BCUT2D eigenvalue weighted by molar-refractivity contribution is 7.91. The predicted octanol–water partition coefficient (Wildman–Crippen LogP) is 3.38. The summed E-state index contributed by atoms with van der Waals surface area (Å²) in [5, 5.41) is 13.2.